The van der Waals surface area contributed by atoms with Crippen LogP contribution in [-0.4, -0.2) is 24.4 Å². The van der Waals surface area contributed by atoms with Gasteiger partial charge in [-0.15, -0.1) is 0 Å². The molecule has 0 aliphatic carbocycles. The molecule has 2 unspecified atom stereocenters. The zero-order valence-corrected chi connectivity index (χ0v) is 10.2. The Hall–Kier alpha value is -1.06. The second kappa shape index (κ2) is 5.32. The molecule has 0 spiro atoms. The average Bonchev–Trinajstić information content (AvgIpc) is 2.28. The Labute approximate surface area is 97.2 Å². The molecule has 0 fully saturated rings. The highest BCUT2D eigenvalue weighted by Gasteiger charge is 2.27. The Morgan fingerprint density at radius 2 is 1.94 bits per heavy atom. The summed E-state index contributed by atoms with van der Waals surface area (Å²) in [5.41, 5.74) is 5.91. The molecule has 3 N–H and O–H groups in total. The van der Waals surface area contributed by atoms with Gasteiger partial charge in [0.2, 0.25) is 0 Å². The number of nitrogens with two attached hydrogens (primary N) is 1. The fraction of sp³-hybridized carbons (Fsp3) is 0.538. The first-order valence-corrected chi connectivity index (χ1v) is 5.55. The van der Waals surface area contributed by atoms with Crippen LogP contribution in [0.2, 0.25) is 0 Å². The molecule has 0 radical (unpaired) electrons. The number of rotatable bonds is 5. The van der Waals surface area contributed by atoms with Gasteiger partial charge in [0.15, 0.2) is 0 Å². The van der Waals surface area contributed by atoms with E-state index < -0.39 is 5.60 Å². The molecular formula is C13H21NO2. The topological polar surface area (TPSA) is 55.5 Å². The standard InChI is InChI=1S/C13H21NO2/c1-10(9-14)13(2,15)8-11-4-6-12(16-3)7-5-11/h4-7,10,15H,8-9,14H2,1-3H3. The highest BCUT2D eigenvalue weighted by atomic mass is 16.5. The Balaban J connectivity index is 2.72. The van der Waals surface area contributed by atoms with Gasteiger partial charge in [-0.25, -0.2) is 0 Å². The first-order chi connectivity index (χ1) is 7.49. The molecule has 0 bridgehead atoms. The van der Waals surface area contributed by atoms with Crippen molar-refractivity contribution < 1.29 is 9.84 Å². The molecule has 90 valence electrons. The lowest BCUT2D eigenvalue weighted by molar-refractivity contribution is 0.0102. The van der Waals surface area contributed by atoms with Crippen molar-refractivity contribution in [2.24, 2.45) is 11.7 Å². The zero-order chi connectivity index (χ0) is 12.2. The van der Waals surface area contributed by atoms with Gasteiger partial charge in [0, 0.05) is 6.42 Å². The molecule has 0 amide bonds. The highest BCUT2D eigenvalue weighted by molar-refractivity contribution is 5.28. The maximum atomic E-state index is 10.3. The minimum absolute atomic E-state index is 0.0783. The van der Waals surface area contributed by atoms with Gasteiger partial charge < -0.3 is 15.6 Å². The summed E-state index contributed by atoms with van der Waals surface area (Å²) < 4.78 is 5.09. The van der Waals surface area contributed by atoms with Gasteiger partial charge >= 0.3 is 0 Å². The van der Waals surface area contributed by atoms with E-state index in [-0.39, 0.29) is 5.92 Å². The van der Waals surface area contributed by atoms with Crippen molar-refractivity contribution in [1.29, 1.82) is 0 Å². The van der Waals surface area contributed by atoms with E-state index in [0.717, 1.165) is 11.3 Å². The molecule has 0 aliphatic rings. The lowest BCUT2D eigenvalue weighted by Gasteiger charge is -2.29. The van der Waals surface area contributed by atoms with Gasteiger partial charge in [-0.3, -0.25) is 0 Å². The van der Waals surface area contributed by atoms with E-state index in [1.807, 2.05) is 38.1 Å². The Morgan fingerprint density at radius 1 is 1.38 bits per heavy atom. The summed E-state index contributed by atoms with van der Waals surface area (Å²) in [5.74, 6) is 0.907. The van der Waals surface area contributed by atoms with E-state index in [0.29, 0.717) is 13.0 Å². The molecular weight excluding hydrogens is 202 g/mol. The molecule has 1 rings (SSSR count). The molecule has 0 aliphatic heterocycles. The predicted molar refractivity (Wildman–Crippen MR) is 65.5 cm³/mol. The van der Waals surface area contributed by atoms with Crippen LogP contribution in [0, 0.1) is 5.92 Å². The quantitative estimate of drug-likeness (QED) is 0.797. The average molecular weight is 223 g/mol. The minimum atomic E-state index is -0.761. The van der Waals surface area contributed by atoms with Crippen LogP contribution in [0.25, 0.3) is 0 Å². The Morgan fingerprint density at radius 3 is 2.38 bits per heavy atom. The van der Waals surface area contributed by atoms with Gasteiger partial charge in [0.1, 0.15) is 5.75 Å². The van der Waals surface area contributed by atoms with Gasteiger partial charge in [-0.05, 0) is 37.1 Å². The first-order valence-electron chi connectivity index (χ1n) is 5.55. The molecule has 0 heterocycles. The lowest BCUT2D eigenvalue weighted by atomic mass is 9.85. The van der Waals surface area contributed by atoms with Crippen LogP contribution in [0.5, 0.6) is 5.75 Å². The summed E-state index contributed by atoms with van der Waals surface area (Å²) in [4.78, 5) is 0. The molecule has 0 saturated carbocycles. The maximum absolute atomic E-state index is 10.3. The third-order valence-corrected chi connectivity index (χ3v) is 3.14. The van der Waals surface area contributed by atoms with E-state index in [1.165, 1.54) is 0 Å². The van der Waals surface area contributed by atoms with Crippen molar-refractivity contribution in [2.75, 3.05) is 13.7 Å². The van der Waals surface area contributed by atoms with Gasteiger partial charge in [0.25, 0.3) is 0 Å². The van der Waals surface area contributed by atoms with Crippen molar-refractivity contribution >= 4 is 0 Å². The maximum Gasteiger partial charge on any atom is 0.118 e. The van der Waals surface area contributed by atoms with Crippen LogP contribution in [0.15, 0.2) is 24.3 Å². The van der Waals surface area contributed by atoms with Crippen LogP contribution in [-0.2, 0) is 6.42 Å². The zero-order valence-electron chi connectivity index (χ0n) is 10.2. The van der Waals surface area contributed by atoms with E-state index >= 15 is 0 Å². The minimum Gasteiger partial charge on any atom is -0.497 e. The lowest BCUT2D eigenvalue weighted by Crippen LogP contribution is -2.39. The highest BCUT2D eigenvalue weighted by Crippen LogP contribution is 2.22. The second-order valence-electron chi connectivity index (χ2n) is 4.52. The third kappa shape index (κ3) is 3.22. The van der Waals surface area contributed by atoms with Crippen molar-refractivity contribution in [2.45, 2.75) is 25.9 Å². The second-order valence-corrected chi connectivity index (χ2v) is 4.52. The van der Waals surface area contributed by atoms with Crippen LogP contribution in [0.3, 0.4) is 0 Å². The predicted octanol–water partition coefficient (Wildman–Crippen LogP) is 1.58. The number of hydrogen-bond donors (Lipinski definition) is 2. The first kappa shape index (κ1) is 13.0. The molecule has 3 nitrogen and oxygen atoms in total. The SMILES string of the molecule is COc1ccc(CC(C)(O)C(C)CN)cc1. The summed E-state index contributed by atoms with van der Waals surface area (Å²) in [6, 6.07) is 7.74. The number of aliphatic hydroxyl groups is 1. The molecule has 3 heteroatoms. The summed E-state index contributed by atoms with van der Waals surface area (Å²) in [6.45, 7) is 4.28. The fourth-order valence-electron chi connectivity index (χ4n) is 1.58. The van der Waals surface area contributed by atoms with Crippen LogP contribution in [0.4, 0.5) is 0 Å². The largest absolute Gasteiger partial charge is 0.497 e. The van der Waals surface area contributed by atoms with Gasteiger partial charge in [-0.1, -0.05) is 19.1 Å². The molecule has 1 aromatic carbocycles. The Kier molecular flexibility index (Phi) is 4.33. The van der Waals surface area contributed by atoms with E-state index in [4.69, 9.17) is 10.5 Å². The van der Waals surface area contributed by atoms with Gasteiger partial charge in [0.05, 0.1) is 12.7 Å². The molecule has 2 atom stereocenters. The number of methoxy groups -OCH3 is 1. The van der Waals surface area contributed by atoms with Crippen molar-refractivity contribution in [3.05, 3.63) is 29.8 Å². The Bertz CT molecular complexity index is 319. The third-order valence-electron chi connectivity index (χ3n) is 3.14. The molecule has 0 aromatic heterocycles. The number of hydrogen-bond acceptors (Lipinski definition) is 3. The fourth-order valence-corrected chi connectivity index (χ4v) is 1.58. The van der Waals surface area contributed by atoms with Crippen LogP contribution in [0.1, 0.15) is 19.4 Å². The number of benzene rings is 1. The van der Waals surface area contributed by atoms with Crippen molar-refractivity contribution in [1.82, 2.24) is 0 Å². The van der Waals surface area contributed by atoms with Crippen molar-refractivity contribution in [3.63, 3.8) is 0 Å². The van der Waals surface area contributed by atoms with Crippen LogP contribution >= 0.6 is 0 Å². The monoisotopic (exact) mass is 223 g/mol. The number of ether oxygens (including phenoxy) is 1. The summed E-state index contributed by atoms with van der Waals surface area (Å²) in [5, 5.41) is 10.3. The van der Waals surface area contributed by atoms with E-state index in [1.54, 1.807) is 7.11 Å². The van der Waals surface area contributed by atoms with Gasteiger partial charge in [-0.2, -0.15) is 0 Å². The van der Waals surface area contributed by atoms with E-state index in [2.05, 4.69) is 0 Å². The molecule has 1 aromatic rings. The smallest absolute Gasteiger partial charge is 0.118 e. The summed E-state index contributed by atoms with van der Waals surface area (Å²) >= 11 is 0. The summed E-state index contributed by atoms with van der Waals surface area (Å²) in [6.07, 6.45) is 0.607. The van der Waals surface area contributed by atoms with Crippen molar-refractivity contribution in [3.8, 4) is 5.75 Å². The van der Waals surface area contributed by atoms with E-state index in [9.17, 15) is 5.11 Å². The molecule has 0 saturated heterocycles. The normalized spacial score (nSPS) is 16.6. The van der Waals surface area contributed by atoms with Crippen LogP contribution < -0.4 is 10.5 Å². The molecule has 16 heavy (non-hydrogen) atoms. The summed E-state index contributed by atoms with van der Waals surface area (Å²) in [7, 11) is 1.64.